The van der Waals surface area contributed by atoms with Gasteiger partial charge in [-0.1, -0.05) is 42.5 Å². The van der Waals surface area contributed by atoms with E-state index < -0.39 is 5.25 Å². The number of piperidine rings is 1. The summed E-state index contributed by atoms with van der Waals surface area (Å²) < 4.78 is 0. The first-order valence-electron chi connectivity index (χ1n) is 11.2. The molecule has 1 saturated heterocycles. The van der Waals surface area contributed by atoms with Crippen molar-refractivity contribution in [2.24, 2.45) is 5.92 Å². The number of benzene rings is 2. The van der Waals surface area contributed by atoms with E-state index in [4.69, 9.17) is 0 Å². The van der Waals surface area contributed by atoms with Crippen molar-refractivity contribution in [2.45, 2.75) is 48.8 Å². The lowest BCUT2D eigenvalue weighted by atomic mass is 9.95. The Morgan fingerprint density at radius 3 is 2.53 bits per heavy atom. The number of fused-ring (bicyclic) bond motifs is 1. The number of carbonyl (C=O) groups is 3. The summed E-state index contributed by atoms with van der Waals surface area (Å²) in [6.45, 7) is 3.04. The Hall–Kier alpha value is -2.80. The number of hydrogen-bond donors (Lipinski definition) is 2. The molecular weight excluding hydrogens is 422 g/mol. The van der Waals surface area contributed by atoms with Crippen molar-refractivity contribution in [1.29, 1.82) is 0 Å². The number of nitrogens with one attached hydrogen (secondary N) is 2. The molecular formula is C25H29N3O3S. The van der Waals surface area contributed by atoms with Gasteiger partial charge in [0.15, 0.2) is 5.25 Å². The molecule has 0 aromatic heterocycles. The molecule has 32 heavy (non-hydrogen) atoms. The van der Waals surface area contributed by atoms with Crippen LogP contribution in [0.4, 0.5) is 5.69 Å². The molecule has 0 aliphatic carbocycles. The fourth-order valence-electron chi connectivity index (χ4n) is 4.20. The van der Waals surface area contributed by atoms with Crippen LogP contribution in [0.3, 0.4) is 0 Å². The van der Waals surface area contributed by atoms with Crippen LogP contribution in [0.25, 0.3) is 0 Å². The average Bonchev–Trinajstić information content (AvgIpc) is 2.82. The van der Waals surface area contributed by atoms with Crippen LogP contribution < -0.4 is 10.6 Å². The fourth-order valence-corrected chi connectivity index (χ4v) is 5.28. The van der Waals surface area contributed by atoms with E-state index in [0.717, 1.165) is 23.4 Å². The molecule has 2 atom stereocenters. The summed E-state index contributed by atoms with van der Waals surface area (Å²) in [7, 11) is 0. The number of nitrogens with zero attached hydrogens (tertiary/aromatic N) is 1. The summed E-state index contributed by atoms with van der Waals surface area (Å²) >= 11 is 1.30. The number of amides is 3. The van der Waals surface area contributed by atoms with Crippen molar-refractivity contribution in [2.75, 3.05) is 18.4 Å². The van der Waals surface area contributed by atoms with E-state index in [1.54, 1.807) is 4.90 Å². The highest BCUT2D eigenvalue weighted by Gasteiger charge is 2.37. The zero-order valence-electron chi connectivity index (χ0n) is 18.3. The molecule has 2 aliphatic heterocycles. The van der Waals surface area contributed by atoms with Crippen LogP contribution in [-0.4, -0.2) is 47.0 Å². The Kier molecular flexibility index (Phi) is 7.15. The first kappa shape index (κ1) is 22.4. The van der Waals surface area contributed by atoms with E-state index >= 15 is 0 Å². The third kappa shape index (κ3) is 5.33. The smallest absolute Gasteiger partial charge is 0.247 e. The lowest BCUT2D eigenvalue weighted by Crippen LogP contribution is -2.49. The summed E-state index contributed by atoms with van der Waals surface area (Å²) in [5.41, 5.74) is 2.02. The maximum Gasteiger partial charge on any atom is 0.247 e. The summed E-state index contributed by atoms with van der Waals surface area (Å²) in [5, 5.41) is 5.20. The van der Waals surface area contributed by atoms with Gasteiger partial charge in [-0.15, -0.1) is 11.8 Å². The van der Waals surface area contributed by atoms with E-state index in [-0.39, 0.29) is 29.7 Å². The minimum Gasteiger partial charge on any atom is -0.353 e. The van der Waals surface area contributed by atoms with E-state index in [1.807, 2.05) is 49.4 Å². The summed E-state index contributed by atoms with van der Waals surface area (Å²) in [4.78, 5) is 40.8. The molecule has 1 fully saturated rings. The molecule has 2 N–H and O–H groups in total. The van der Waals surface area contributed by atoms with Crippen LogP contribution in [-0.2, 0) is 20.8 Å². The Bertz CT molecular complexity index is 973. The Morgan fingerprint density at radius 2 is 1.78 bits per heavy atom. The van der Waals surface area contributed by atoms with Crippen LogP contribution in [0.15, 0.2) is 59.5 Å². The number of likely N-dealkylation sites (tertiary alicyclic amines) is 1. The molecule has 2 heterocycles. The maximum atomic E-state index is 13.0. The number of para-hydroxylation sites is 1. The SMILES string of the molecule is CC(CCc1ccccc1)NC(=O)C1CCN(C(=O)C2Sc3ccccc3NC2=O)CC1. The van der Waals surface area contributed by atoms with Crippen LogP contribution in [0.2, 0.25) is 0 Å². The Balaban J connectivity index is 1.24. The van der Waals surface area contributed by atoms with E-state index in [1.165, 1.54) is 17.3 Å². The molecule has 2 aliphatic rings. The van der Waals surface area contributed by atoms with Crippen molar-refractivity contribution in [3.05, 3.63) is 60.2 Å². The van der Waals surface area contributed by atoms with Crippen molar-refractivity contribution in [3.8, 4) is 0 Å². The quantitative estimate of drug-likeness (QED) is 0.659. The van der Waals surface area contributed by atoms with Gasteiger partial charge in [-0.05, 0) is 50.3 Å². The third-order valence-electron chi connectivity index (χ3n) is 6.13. The first-order valence-corrected chi connectivity index (χ1v) is 12.1. The van der Waals surface area contributed by atoms with Gasteiger partial charge >= 0.3 is 0 Å². The summed E-state index contributed by atoms with van der Waals surface area (Å²) in [6.07, 6.45) is 3.07. The molecule has 2 aromatic carbocycles. The lowest BCUT2D eigenvalue weighted by molar-refractivity contribution is -0.137. The van der Waals surface area contributed by atoms with Crippen LogP contribution in [0.5, 0.6) is 0 Å². The second kappa shape index (κ2) is 10.2. The lowest BCUT2D eigenvalue weighted by Gasteiger charge is -2.34. The van der Waals surface area contributed by atoms with Crippen molar-refractivity contribution in [3.63, 3.8) is 0 Å². The molecule has 4 rings (SSSR count). The Morgan fingerprint density at radius 1 is 1.09 bits per heavy atom. The topological polar surface area (TPSA) is 78.5 Å². The van der Waals surface area contributed by atoms with Crippen molar-refractivity contribution in [1.82, 2.24) is 10.2 Å². The molecule has 3 amide bonds. The molecule has 0 spiro atoms. The number of anilines is 1. The van der Waals surface area contributed by atoms with Gasteiger partial charge in [0.2, 0.25) is 17.7 Å². The van der Waals surface area contributed by atoms with Gasteiger partial charge in [-0.3, -0.25) is 14.4 Å². The molecule has 7 heteroatoms. The maximum absolute atomic E-state index is 13.0. The van der Waals surface area contributed by atoms with Crippen molar-refractivity contribution < 1.29 is 14.4 Å². The molecule has 2 aromatic rings. The van der Waals surface area contributed by atoms with Crippen molar-refractivity contribution >= 4 is 35.2 Å². The summed E-state index contributed by atoms with van der Waals surface area (Å²) in [5.74, 6) is -0.467. The van der Waals surface area contributed by atoms with Gasteiger partial charge in [0.25, 0.3) is 0 Å². The molecule has 0 radical (unpaired) electrons. The highest BCUT2D eigenvalue weighted by atomic mass is 32.2. The minimum absolute atomic E-state index is 0.0661. The standard InChI is InChI=1S/C25H29N3O3S/c1-17(11-12-18-7-3-2-4-8-18)26-23(29)19-13-15-28(16-14-19)25(31)22-24(30)27-20-9-5-6-10-21(20)32-22/h2-10,17,19,22H,11-16H2,1H3,(H,26,29)(H,27,30). The van der Waals surface area contributed by atoms with Gasteiger partial charge in [0, 0.05) is 29.9 Å². The van der Waals surface area contributed by atoms with Crippen LogP contribution in [0.1, 0.15) is 31.7 Å². The predicted octanol–water partition coefficient (Wildman–Crippen LogP) is 3.48. The van der Waals surface area contributed by atoms with E-state index in [2.05, 4.69) is 22.8 Å². The molecule has 168 valence electrons. The second-order valence-electron chi connectivity index (χ2n) is 8.52. The predicted molar refractivity (Wildman–Crippen MR) is 126 cm³/mol. The summed E-state index contributed by atoms with van der Waals surface area (Å²) in [6, 6.07) is 17.9. The highest BCUT2D eigenvalue weighted by molar-refractivity contribution is 8.01. The van der Waals surface area contributed by atoms with Crippen LogP contribution >= 0.6 is 11.8 Å². The molecule has 2 unspecified atom stereocenters. The Labute approximate surface area is 193 Å². The van der Waals surface area contributed by atoms with Gasteiger partial charge in [0.1, 0.15) is 0 Å². The van der Waals surface area contributed by atoms with E-state index in [9.17, 15) is 14.4 Å². The number of rotatable bonds is 6. The van der Waals surface area contributed by atoms with Gasteiger partial charge < -0.3 is 15.5 Å². The first-order chi connectivity index (χ1) is 15.5. The van der Waals surface area contributed by atoms with E-state index in [0.29, 0.717) is 25.9 Å². The third-order valence-corrected chi connectivity index (χ3v) is 7.39. The van der Waals surface area contributed by atoms with Gasteiger partial charge in [0.05, 0.1) is 5.69 Å². The largest absolute Gasteiger partial charge is 0.353 e. The number of thioether (sulfide) groups is 1. The molecule has 6 nitrogen and oxygen atoms in total. The monoisotopic (exact) mass is 451 g/mol. The number of aryl methyl sites for hydroxylation is 1. The van der Waals surface area contributed by atoms with Crippen LogP contribution in [0, 0.1) is 5.92 Å². The fraction of sp³-hybridized carbons (Fsp3) is 0.400. The zero-order chi connectivity index (χ0) is 22.5. The number of hydrogen-bond acceptors (Lipinski definition) is 4. The number of carbonyl (C=O) groups excluding carboxylic acids is 3. The van der Waals surface area contributed by atoms with Gasteiger partial charge in [-0.25, -0.2) is 0 Å². The normalized spacial score (nSPS) is 19.6. The molecule has 0 saturated carbocycles. The second-order valence-corrected chi connectivity index (χ2v) is 9.66. The average molecular weight is 452 g/mol. The highest BCUT2D eigenvalue weighted by Crippen LogP contribution is 2.36. The zero-order valence-corrected chi connectivity index (χ0v) is 19.1. The molecule has 0 bridgehead atoms. The van der Waals surface area contributed by atoms with Gasteiger partial charge in [-0.2, -0.15) is 0 Å². The minimum atomic E-state index is -0.770.